The third kappa shape index (κ3) is 4.44. The molecule has 6 heteroatoms. The van der Waals surface area contributed by atoms with Crippen molar-refractivity contribution in [3.8, 4) is 11.5 Å². The van der Waals surface area contributed by atoms with Crippen molar-refractivity contribution in [3.05, 3.63) is 89.4 Å². The number of carbonyl (C=O) groups is 1. The summed E-state index contributed by atoms with van der Waals surface area (Å²) in [4.78, 5) is 18.4. The van der Waals surface area contributed by atoms with Gasteiger partial charge in [-0.1, -0.05) is 18.2 Å². The lowest BCUT2D eigenvalue weighted by atomic mass is 9.83. The second-order valence-electron chi connectivity index (χ2n) is 7.62. The summed E-state index contributed by atoms with van der Waals surface area (Å²) < 4.78 is 11.2. The fraction of sp³-hybridized carbons (Fsp3) is 0.231. The first-order valence-corrected chi connectivity index (χ1v) is 10.6. The minimum atomic E-state index is 0.0724. The molecule has 2 aromatic heterocycles. The normalized spacial score (nSPS) is 11.8. The van der Waals surface area contributed by atoms with Crippen LogP contribution in [0.2, 0.25) is 0 Å². The second kappa shape index (κ2) is 10.0. The number of benzene rings is 2. The van der Waals surface area contributed by atoms with E-state index in [-0.39, 0.29) is 5.92 Å². The van der Waals surface area contributed by atoms with Crippen LogP contribution in [0, 0.1) is 0 Å². The molecule has 0 fully saturated rings. The molecule has 1 unspecified atom stereocenters. The summed E-state index contributed by atoms with van der Waals surface area (Å²) in [6, 6.07) is 16.5. The molecule has 6 nitrogen and oxygen atoms in total. The summed E-state index contributed by atoms with van der Waals surface area (Å²) in [5.41, 5.74) is 5.79. The number of aromatic nitrogens is 2. The molecule has 0 bridgehead atoms. The number of pyridine rings is 1. The summed E-state index contributed by atoms with van der Waals surface area (Å²) >= 11 is 0. The maximum absolute atomic E-state index is 10.8. The third-order valence-corrected chi connectivity index (χ3v) is 5.85. The zero-order valence-electron chi connectivity index (χ0n) is 18.3. The van der Waals surface area contributed by atoms with Crippen molar-refractivity contribution < 1.29 is 14.3 Å². The number of hydrogen-bond donors (Lipinski definition) is 2. The van der Waals surface area contributed by atoms with Crippen LogP contribution in [0.1, 0.15) is 28.2 Å². The van der Waals surface area contributed by atoms with Gasteiger partial charge in [0.2, 0.25) is 6.41 Å². The minimum absolute atomic E-state index is 0.0724. The average molecular weight is 430 g/mol. The zero-order chi connectivity index (χ0) is 22.3. The van der Waals surface area contributed by atoms with Crippen LogP contribution in [-0.4, -0.2) is 37.1 Å². The van der Waals surface area contributed by atoms with E-state index in [0.29, 0.717) is 24.5 Å². The lowest BCUT2D eigenvalue weighted by molar-refractivity contribution is -0.109. The molecule has 1 amide bonds. The molecule has 164 valence electrons. The summed E-state index contributed by atoms with van der Waals surface area (Å²) in [7, 11) is 3.29. The lowest BCUT2D eigenvalue weighted by Gasteiger charge is -2.23. The maximum atomic E-state index is 10.8. The summed E-state index contributed by atoms with van der Waals surface area (Å²) in [5.74, 6) is 1.44. The second-order valence-corrected chi connectivity index (χ2v) is 7.62. The molecular weight excluding hydrogens is 402 g/mol. The number of nitrogens with zero attached hydrogens (tertiary/aromatic N) is 1. The topological polar surface area (TPSA) is 76.2 Å². The van der Waals surface area contributed by atoms with Gasteiger partial charge in [0.25, 0.3) is 0 Å². The van der Waals surface area contributed by atoms with Gasteiger partial charge in [-0.25, -0.2) is 0 Å². The number of aromatic amines is 1. The van der Waals surface area contributed by atoms with Crippen LogP contribution >= 0.6 is 0 Å². The Morgan fingerprint density at radius 3 is 2.53 bits per heavy atom. The highest BCUT2D eigenvalue weighted by atomic mass is 16.5. The molecule has 4 aromatic rings. The van der Waals surface area contributed by atoms with Gasteiger partial charge in [-0.05, 0) is 65.4 Å². The Kier molecular flexibility index (Phi) is 6.70. The Balaban J connectivity index is 1.83. The van der Waals surface area contributed by atoms with Crippen molar-refractivity contribution in [1.82, 2.24) is 15.3 Å². The van der Waals surface area contributed by atoms with E-state index in [1.54, 1.807) is 14.2 Å². The molecule has 2 heterocycles. The lowest BCUT2D eigenvalue weighted by Crippen LogP contribution is -2.17. The molecule has 32 heavy (non-hydrogen) atoms. The van der Waals surface area contributed by atoms with E-state index in [2.05, 4.69) is 57.9 Å². The summed E-state index contributed by atoms with van der Waals surface area (Å²) in [6.45, 7) is 0.544. The highest BCUT2D eigenvalue weighted by Crippen LogP contribution is 2.39. The number of ether oxygens (including phenoxy) is 2. The van der Waals surface area contributed by atoms with Crippen LogP contribution in [0.25, 0.3) is 10.9 Å². The summed E-state index contributed by atoms with van der Waals surface area (Å²) in [5, 5.41) is 3.99. The van der Waals surface area contributed by atoms with E-state index in [1.165, 1.54) is 16.5 Å². The summed E-state index contributed by atoms with van der Waals surface area (Å²) in [6.07, 6.45) is 7.96. The predicted octanol–water partition coefficient (Wildman–Crippen LogP) is 4.24. The third-order valence-electron chi connectivity index (χ3n) is 5.85. The van der Waals surface area contributed by atoms with E-state index >= 15 is 0 Å². The van der Waals surface area contributed by atoms with Gasteiger partial charge in [-0.3, -0.25) is 9.78 Å². The van der Waals surface area contributed by atoms with Crippen molar-refractivity contribution in [1.29, 1.82) is 0 Å². The fourth-order valence-corrected chi connectivity index (χ4v) is 4.27. The van der Waals surface area contributed by atoms with E-state index in [0.717, 1.165) is 29.5 Å². The first-order valence-electron chi connectivity index (χ1n) is 10.6. The van der Waals surface area contributed by atoms with Crippen LogP contribution < -0.4 is 14.8 Å². The van der Waals surface area contributed by atoms with E-state index < -0.39 is 0 Å². The molecule has 4 rings (SSSR count). The Hall–Kier alpha value is -3.80. The smallest absolute Gasteiger partial charge is 0.207 e. The largest absolute Gasteiger partial charge is 0.493 e. The first kappa shape index (κ1) is 21.4. The van der Waals surface area contributed by atoms with Crippen LogP contribution in [0.5, 0.6) is 11.5 Å². The fourth-order valence-electron chi connectivity index (χ4n) is 4.27. The molecule has 0 spiro atoms. The van der Waals surface area contributed by atoms with Crippen molar-refractivity contribution in [2.24, 2.45) is 0 Å². The van der Waals surface area contributed by atoms with Gasteiger partial charge in [0.05, 0.1) is 14.2 Å². The van der Waals surface area contributed by atoms with E-state index in [4.69, 9.17) is 9.47 Å². The number of carbonyl (C=O) groups excluding carboxylic acids is 1. The van der Waals surface area contributed by atoms with Crippen molar-refractivity contribution in [2.45, 2.75) is 18.8 Å². The Bertz CT molecular complexity index is 1190. The van der Waals surface area contributed by atoms with Crippen LogP contribution in [0.3, 0.4) is 0 Å². The SMILES string of the molecule is COc1cc(CCNC=O)c(C(Cc2c[nH]c3ccccc23)c2ccncc2)cc1OC. The van der Waals surface area contributed by atoms with Crippen molar-refractivity contribution in [3.63, 3.8) is 0 Å². The predicted molar refractivity (Wildman–Crippen MR) is 125 cm³/mol. The van der Waals surface area contributed by atoms with Gasteiger partial charge in [0.1, 0.15) is 0 Å². The number of para-hydroxylation sites is 1. The molecule has 0 radical (unpaired) electrons. The molecule has 2 N–H and O–H groups in total. The van der Waals surface area contributed by atoms with Gasteiger partial charge in [0.15, 0.2) is 11.5 Å². The minimum Gasteiger partial charge on any atom is -0.493 e. The quantitative estimate of drug-likeness (QED) is 0.292. The molecule has 0 aliphatic carbocycles. The first-order chi connectivity index (χ1) is 15.7. The number of methoxy groups -OCH3 is 2. The Morgan fingerprint density at radius 2 is 1.78 bits per heavy atom. The highest BCUT2D eigenvalue weighted by Gasteiger charge is 2.22. The van der Waals surface area contributed by atoms with Crippen LogP contribution in [0.15, 0.2) is 67.1 Å². The van der Waals surface area contributed by atoms with Crippen LogP contribution in [0.4, 0.5) is 0 Å². The highest BCUT2D eigenvalue weighted by molar-refractivity contribution is 5.83. The van der Waals surface area contributed by atoms with E-state index in [1.807, 2.05) is 24.5 Å². The number of amides is 1. The monoisotopic (exact) mass is 429 g/mol. The zero-order valence-corrected chi connectivity index (χ0v) is 18.3. The molecular formula is C26H27N3O3. The van der Waals surface area contributed by atoms with Gasteiger partial charge in [-0.15, -0.1) is 0 Å². The molecule has 1 atom stereocenters. The molecule has 0 saturated carbocycles. The van der Waals surface area contributed by atoms with Gasteiger partial charge in [0, 0.05) is 42.0 Å². The van der Waals surface area contributed by atoms with Gasteiger partial charge >= 0.3 is 0 Å². The maximum Gasteiger partial charge on any atom is 0.207 e. The standard InChI is InChI=1S/C26H27N3O3/c1-31-25-14-19(9-12-28-17-30)23(15-26(25)32-2)22(18-7-10-27-11-8-18)13-20-16-29-24-6-4-3-5-21(20)24/h3-8,10-11,14-17,22,29H,9,12-13H2,1-2H3,(H,28,30). The Labute approximate surface area is 187 Å². The molecule has 2 aromatic carbocycles. The average Bonchev–Trinajstić information content (AvgIpc) is 3.26. The van der Waals surface area contributed by atoms with Crippen LogP contribution in [-0.2, 0) is 17.6 Å². The van der Waals surface area contributed by atoms with Crippen molar-refractivity contribution in [2.75, 3.05) is 20.8 Å². The Morgan fingerprint density at radius 1 is 1.03 bits per heavy atom. The molecule has 0 aliphatic heterocycles. The van der Waals surface area contributed by atoms with E-state index in [9.17, 15) is 4.79 Å². The van der Waals surface area contributed by atoms with Crippen molar-refractivity contribution >= 4 is 17.3 Å². The molecule has 0 saturated heterocycles. The van der Waals surface area contributed by atoms with Gasteiger partial charge < -0.3 is 19.8 Å². The van der Waals surface area contributed by atoms with Gasteiger partial charge in [-0.2, -0.15) is 0 Å². The number of hydrogen-bond acceptors (Lipinski definition) is 4. The number of H-pyrrole nitrogens is 1. The molecule has 0 aliphatic rings. The number of fused-ring (bicyclic) bond motifs is 1. The number of rotatable bonds is 10. The number of nitrogens with one attached hydrogen (secondary N) is 2.